The van der Waals surface area contributed by atoms with Gasteiger partial charge in [0.25, 0.3) is 0 Å². The van der Waals surface area contributed by atoms with Crippen LogP contribution in [0.4, 0.5) is 0 Å². The highest BCUT2D eigenvalue weighted by Gasteiger charge is 2.14. The topological polar surface area (TPSA) is 14.1 Å². The van der Waals surface area contributed by atoms with Crippen LogP contribution in [0.1, 0.15) is 24.0 Å². The Balaban J connectivity index is 2.44. The Morgan fingerprint density at radius 2 is 2.18 bits per heavy atom. The largest absolute Gasteiger partial charge is 0.236 e. The summed E-state index contributed by atoms with van der Waals surface area (Å²) in [5.41, 5.74) is 2.90. The zero-order valence-corrected chi connectivity index (χ0v) is 6.75. The monoisotopic (exact) mass is 146 g/mol. The molecule has 1 aromatic carbocycles. The van der Waals surface area contributed by atoms with E-state index in [4.69, 9.17) is 0 Å². The Morgan fingerprint density at radius 1 is 1.36 bits per heavy atom. The smallest absolute Gasteiger partial charge is 0.0387 e. The van der Waals surface area contributed by atoms with E-state index in [1.54, 1.807) is 0 Å². The predicted molar refractivity (Wildman–Crippen MR) is 45.6 cm³/mol. The van der Waals surface area contributed by atoms with Crippen LogP contribution in [-0.4, -0.2) is 6.54 Å². The summed E-state index contributed by atoms with van der Waals surface area (Å²) in [5, 5.41) is 4.40. The fourth-order valence-electron chi connectivity index (χ4n) is 1.64. The molecule has 1 atom stereocenters. The Labute approximate surface area is 67.4 Å². The molecule has 0 amide bonds. The van der Waals surface area contributed by atoms with Gasteiger partial charge >= 0.3 is 0 Å². The van der Waals surface area contributed by atoms with E-state index in [0.29, 0.717) is 5.92 Å². The molecule has 2 rings (SSSR count). The van der Waals surface area contributed by atoms with Crippen LogP contribution in [0.5, 0.6) is 0 Å². The number of hydrogen-bond acceptors (Lipinski definition) is 0. The summed E-state index contributed by atoms with van der Waals surface area (Å²) >= 11 is 0. The SMILES string of the molecule is C[C@H]1C[N]Cc2ccccc21. The Morgan fingerprint density at radius 3 is 3.00 bits per heavy atom. The quantitative estimate of drug-likeness (QED) is 0.531. The third-order valence-electron chi connectivity index (χ3n) is 2.27. The molecule has 11 heavy (non-hydrogen) atoms. The first-order valence-electron chi connectivity index (χ1n) is 4.09. The average molecular weight is 146 g/mol. The van der Waals surface area contributed by atoms with Crippen molar-refractivity contribution in [3.63, 3.8) is 0 Å². The minimum atomic E-state index is 0.625. The molecule has 1 heterocycles. The Hall–Kier alpha value is -0.820. The van der Waals surface area contributed by atoms with Crippen molar-refractivity contribution < 1.29 is 0 Å². The summed E-state index contributed by atoms with van der Waals surface area (Å²) in [6.45, 7) is 4.15. The fraction of sp³-hybridized carbons (Fsp3) is 0.400. The van der Waals surface area contributed by atoms with Gasteiger partial charge < -0.3 is 0 Å². The molecule has 0 spiro atoms. The van der Waals surface area contributed by atoms with Crippen LogP contribution in [0.3, 0.4) is 0 Å². The minimum absolute atomic E-state index is 0.625. The van der Waals surface area contributed by atoms with Crippen molar-refractivity contribution in [2.45, 2.75) is 19.4 Å². The van der Waals surface area contributed by atoms with E-state index in [9.17, 15) is 0 Å². The highest BCUT2D eigenvalue weighted by molar-refractivity contribution is 5.31. The summed E-state index contributed by atoms with van der Waals surface area (Å²) in [7, 11) is 0. The lowest BCUT2D eigenvalue weighted by Crippen LogP contribution is -2.20. The molecule has 1 aliphatic heterocycles. The average Bonchev–Trinajstić information content (AvgIpc) is 2.06. The number of nitrogens with zero attached hydrogens (tertiary/aromatic N) is 1. The van der Waals surface area contributed by atoms with Crippen LogP contribution < -0.4 is 5.32 Å². The fourth-order valence-corrected chi connectivity index (χ4v) is 1.64. The molecule has 0 bridgehead atoms. The number of fused-ring (bicyclic) bond motifs is 1. The summed E-state index contributed by atoms with van der Waals surface area (Å²) in [6.07, 6.45) is 0. The standard InChI is InChI=1S/C10H12N/c1-8-6-11-7-9-4-2-3-5-10(8)9/h2-5,8H,6-7H2,1H3/t8-/m0/s1. The molecule has 1 aromatic rings. The number of rotatable bonds is 0. The van der Waals surface area contributed by atoms with Gasteiger partial charge in [-0.2, -0.15) is 0 Å². The van der Waals surface area contributed by atoms with Gasteiger partial charge in [-0.1, -0.05) is 31.2 Å². The maximum absolute atomic E-state index is 4.40. The van der Waals surface area contributed by atoms with E-state index in [-0.39, 0.29) is 0 Å². The van der Waals surface area contributed by atoms with Crippen LogP contribution in [0, 0.1) is 0 Å². The molecule has 1 aliphatic rings. The van der Waals surface area contributed by atoms with Gasteiger partial charge in [0.1, 0.15) is 0 Å². The Bertz CT molecular complexity index is 255. The molecule has 0 saturated heterocycles. The summed E-state index contributed by atoms with van der Waals surface area (Å²) in [4.78, 5) is 0. The van der Waals surface area contributed by atoms with E-state index in [1.165, 1.54) is 11.1 Å². The molecule has 0 aromatic heterocycles. The molecule has 0 fully saturated rings. The molecule has 0 saturated carbocycles. The predicted octanol–water partition coefficient (Wildman–Crippen LogP) is 1.91. The third-order valence-corrected chi connectivity index (χ3v) is 2.27. The molecular weight excluding hydrogens is 134 g/mol. The van der Waals surface area contributed by atoms with E-state index < -0.39 is 0 Å². The summed E-state index contributed by atoms with van der Waals surface area (Å²) in [6, 6.07) is 8.59. The van der Waals surface area contributed by atoms with Gasteiger partial charge in [-0.15, -0.1) is 0 Å². The third kappa shape index (κ3) is 1.16. The van der Waals surface area contributed by atoms with Crippen LogP contribution in [-0.2, 0) is 6.54 Å². The van der Waals surface area contributed by atoms with E-state index in [1.807, 2.05) is 0 Å². The lowest BCUT2D eigenvalue weighted by atomic mass is 9.93. The summed E-state index contributed by atoms with van der Waals surface area (Å²) in [5.74, 6) is 0.625. The van der Waals surface area contributed by atoms with Gasteiger partial charge in [0.15, 0.2) is 0 Å². The molecule has 0 unspecified atom stereocenters. The van der Waals surface area contributed by atoms with Crippen LogP contribution in [0.25, 0.3) is 0 Å². The van der Waals surface area contributed by atoms with Crippen molar-refractivity contribution in [2.24, 2.45) is 0 Å². The number of benzene rings is 1. The first-order chi connectivity index (χ1) is 5.38. The molecule has 1 heteroatoms. The van der Waals surface area contributed by atoms with Crippen molar-refractivity contribution >= 4 is 0 Å². The van der Waals surface area contributed by atoms with Gasteiger partial charge in [-0.3, -0.25) is 0 Å². The summed E-state index contributed by atoms with van der Waals surface area (Å²) < 4.78 is 0. The molecule has 57 valence electrons. The van der Waals surface area contributed by atoms with Crippen LogP contribution >= 0.6 is 0 Å². The highest BCUT2D eigenvalue weighted by atomic mass is 14.9. The van der Waals surface area contributed by atoms with Crippen molar-refractivity contribution in [1.29, 1.82) is 0 Å². The second-order valence-electron chi connectivity index (χ2n) is 3.16. The zero-order chi connectivity index (χ0) is 7.68. The lowest BCUT2D eigenvalue weighted by Gasteiger charge is -2.21. The molecule has 1 radical (unpaired) electrons. The van der Waals surface area contributed by atoms with Crippen LogP contribution in [0.2, 0.25) is 0 Å². The Kier molecular flexibility index (Phi) is 1.66. The van der Waals surface area contributed by atoms with E-state index in [0.717, 1.165) is 13.1 Å². The van der Waals surface area contributed by atoms with Crippen molar-refractivity contribution in [3.05, 3.63) is 35.4 Å². The normalized spacial score (nSPS) is 22.8. The van der Waals surface area contributed by atoms with Crippen molar-refractivity contribution in [1.82, 2.24) is 5.32 Å². The molecule has 0 N–H and O–H groups in total. The maximum Gasteiger partial charge on any atom is 0.0387 e. The molecule has 0 aliphatic carbocycles. The van der Waals surface area contributed by atoms with Crippen molar-refractivity contribution in [2.75, 3.05) is 6.54 Å². The minimum Gasteiger partial charge on any atom is -0.236 e. The van der Waals surface area contributed by atoms with Crippen LogP contribution in [0.15, 0.2) is 24.3 Å². The van der Waals surface area contributed by atoms with E-state index in [2.05, 4.69) is 36.5 Å². The second-order valence-corrected chi connectivity index (χ2v) is 3.16. The number of hydrogen-bond donors (Lipinski definition) is 0. The highest BCUT2D eigenvalue weighted by Crippen LogP contribution is 2.23. The zero-order valence-electron chi connectivity index (χ0n) is 6.75. The van der Waals surface area contributed by atoms with Gasteiger partial charge in [0, 0.05) is 13.1 Å². The second kappa shape index (κ2) is 2.67. The van der Waals surface area contributed by atoms with E-state index >= 15 is 0 Å². The first kappa shape index (κ1) is 6.86. The van der Waals surface area contributed by atoms with Crippen molar-refractivity contribution in [3.8, 4) is 0 Å². The van der Waals surface area contributed by atoms with Gasteiger partial charge in [-0.25, -0.2) is 5.32 Å². The van der Waals surface area contributed by atoms with Gasteiger partial charge in [0.05, 0.1) is 0 Å². The maximum atomic E-state index is 4.40. The van der Waals surface area contributed by atoms with Gasteiger partial charge in [-0.05, 0) is 17.0 Å². The molecular formula is C10H12N. The molecule has 1 nitrogen and oxygen atoms in total. The lowest BCUT2D eigenvalue weighted by molar-refractivity contribution is 0.560. The van der Waals surface area contributed by atoms with Gasteiger partial charge in [0.2, 0.25) is 0 Å². The first-order valence-corrected chi connectivity index (χ1v) is 4.09.